The minimum absolute atomic E-state index is 0.204. The molecule has 0 aliphatic carbocycles. The van der Waals surface area contributed by atoms with E-state index in [9.17, 15) is 10.1 Å². The Bertz CT molecular complexity index is 565. The van der Waals surface area contributed by atoms with Gasteiger partial charge in [0.2, 0.25) is 6.33 Å². The van der Waals surface area contributed by atoms with Gasteiger partial charge in [-0.25, -0.2) is 0 Å². The van der Waals surface area contributed by atoms with Gasteiger partial charge in [-0.05, 0) is 34.2 Å². The second-order valence-corrected chi connectivity index (χ2v) is 3.05. The molecule has 6 nitrogen and oxygen atoms in total. The number of rotatable bonds is 2. The highest BCUT2D eigenvalue weighted by atomic mass is 16.6. The predicted molar refractivity (Wildman–Crippen MR) is 54.9 cm³/mol. The second-order valence-electron chi connectivity index (χ2n) is 3.05. The lowest BCUT2D eigenvalue weighted by Crippen LogP contribution is -1.90. The largest absolute Gasteiger partial charge is 0.381 e. The van der Waals surface area contributed by atoms with Crippen molar-refractivity contribution in [2.75, 3.05) is 0 Å². The molecule has 0 aliphatic heterocycles. The zero-order valence-electron chi connectivity index (χ0n) is 8.07. The number of imidazole rings is 1. The first kappa shape index (κ1) is 9.86. The fourth-order valence-corrected chi connectivity index (χ4v) is 1.26. The first-order chi connectivity index (χ1) is 7.70. The molecule has 78 valence electrons. The summed E-state index contributed by atoms with van der Waals surface area (Å²) < 4.78 is 1.53. The lowest BCUT2D eigenvalue weighted by atomic mass is 10.2. The Kier molecular flexibility index (Phi) is 2.36. The maximum absolute atomic E-state index is 10.4. The van der Waals surface area contributed by atoms with E-state index in [1.807, 2.05) is 6.07 Å². The van der Waals surface area contributed by atoms with Gasteiger partial charge in [-0.15, -0.1) is 0 Å². The fraction of sp³-hybridized carbons (Fsp3) is 0. The Balaban J connectivity index is 2.36. The fourth-order valence-electron chi connectivity index (χ4n) is 1.26. The molecule has 0 unspecified atom stereocenters. The van der Waals surface area contributed by atoms with Crippen molar-refractivity contribution in [1.82, 2.24) is 9.55 Å². The molecular weight excluding hydrogens is 208 g/mol. The molecule has 0 radical (unpaired) electrons. The topological polar surface area (TPSA) is 84.8 Å². The number of nitro groups is 1. The van der Waals surface area contributed by atoms with Crippen LogP contribution in [0.15, 0.2) is 36.8 Å². The van der Waals surface area contributed by atoms with Gasteiger partial charge in [-0.1, -0.05) is 0 Å². The number of hydrogen-bond donors (Lipinski definition) is 0. The average molecular weight is 214 g/mol. The van der Waals surface area contributed by atoms with Crippen molar-refractivity contribution in [3.8, 4) is 11.8 Å². The zero-order chi connectivity index (χ0) is 11.5. The number of nitrogens with zero attached hydrogens (tertiary/aromatic N) is 4. The number of benzene rings is 1. The van der Waals surface area contributed by atoms with Crippen LogP contribution >= 0.6 is 0 Å². The predicted octanol–water partition coefficient (Wildman–Crippen LogP) is 1.65. The molecule has 6 heteroatoms. The molecular formula is C10H6N4O2. The molecule has 1 aromatic carbocycles. The van der Waals surface area contributed by atoms with E-state index in [0.717, 1.165) is 5.69 Å². The van der Waals surface area contributed by atoms with Gasteiger partial charge in [-0.2, -0.15) is 5.26 Å². The summed E-state index contributed by atoms with van der Waals surface area (Å²) in [6.45, 7) is 0. The van der Waals surface area contributed by atoms with Crippen molar-refractivity contribution in [2.45, 2.75) is 0 Å². The van der Waals surface area contributed by atoms with Crippen molar-refractivity contribution in [3.05, 3.63) is 52.5 Å². The molecule has 1 heterocycles. The van der Waals surface area contributed by atoms with E-state index in [1.54, 1.807) is 24.3 Å². The summed E-state index contributed by atoms with van der Waals surface area (Å²) in [5.74, 6) is -0.204. The van der Waals surface area contributed by atoms with Crippen LogP contribution in [0.5, 0.6) is 0 Å². The second kappa shape index (κ2) is 3.82. The molecule has 2 rings (SSSR count). The molecule has 0 amide bonds. The highest BCUT2D eigenvalue weighted by Crippen LogP contribution is 2.13. The van der Waals surface area contributed by atoms with E-state index in [0.29, 0.717) is 5.56 Å². The van der Waals surface area contributed by atoms with E-state index < -0.39 is 4.92 Å². The summed E-state index contributed by atoms with van der Waals surface area (Å²) in [7, 11) is 0. The molecule has 0 bridgehead atoms. The van der Waals surface area contributed by atoms with Gasteiger partial charge < -0.3 is 10.1 Å². The Morgan fingerprint density at radius 3 is 2.56 bits per heavy atom. The van der Waals surface area contributed by atoms with Crippen molar-refractivity contribution >= 4 is 5.82 Å². The van der Waals surface area contributed by atoms with Crippen LogP contribution in [0, 0.1) is 21.4 Å². The van der Waals surface area contributed by atoms with Gasteiger partial charge in [0.1, 0.15) is 6.20 Å². The number of nitriles is 1. The summed E-state index contributed by atoms with van der Waals surface area (Å²) >= 11 is 0. The molecule has 0 spiro atoms. The van der Waals surface area contributed by atoms with Crippen molar-refractivity contribution in [1.29, 1.82) is 5.26 Å². The minimum Gasteiger partial charge on any atom is -0.358 e. The Morgan fingerprint density at radius 2 is 2.06 bits per heavy atom. The van der Waals surface area contributed by atoms with Crippen molar-refractivity contribution < 1.29 is 4.92 Å². The Hall–Kier alpha value is -2.68. The third kappa shape index (κ3) is 1.74. The molecule has 0 atom stereocenters. The quantitative estimate of drug-likeness (QED) is 0.562. The summed E-state index contributed by atoms with van der Waals surface area (Å²) in [6.07, 6.45) is 2.68. The zero-order valence-corrected chi connectivity index (χ0v) is 8.07. The highest BCUT2D eigenvalue weighted by Gasteiger charge is 2.10. The summed E-state index contributed by atoms with van der Waals surface area (Å²) in [6, 6.07) is 8.67. The first-order valence-corrected chi connectivity index (χ1v) is 4.39. The van der Waals surface area contributed by atoms with Crippen LogP contribution in [0.25, 0.3) is 5.69 Å². The molecule has 0 N–H and O–H groups in total. The molecule has 1 aromatic heterocycles. The van der Waals surface area contributed by atoms with Gasteiger partial charge in [0.25, 0.3) is 0 Å². The van der Waals surface area contributed by atoms with E-state index >= 15 is 0 Å². The van der Waals surface area contributed by atoms with E-state index in [4.69, 9.17) is 5.26 Å². The summed E-state index contributed by atoms with van der Waals surface area (Å²) in [5, 5.41) is 19.1. The SMILES string of the molecule is N#Cc1ccc(-n2cnc([N+](=O)[O-])c2)cc1. The highest BCUT2D eigenvalue weighted by molar-refractivity contribution is 5.40. The van der Waals surface area contributed by atoms with Gasteiger partial charge in [-0.3, -0.25) is 4.57 Å². The Morgan fingerprint density at radius 1 is 1.38 bits per heavy atom. The van der Waals surface area contributed by atoms with Crippen LogP contribution in [0.3, 0.4) is 0 Å². The monoisotopic (exact) mass is 214 g/mol. The van der Waals surface area contributed by atoms with Crippen LogP contribution in [-0.2, 0) is 0 Å². The van der Waals surface area contributed by atoms with E-state index in [2.05, 4.69) is 4.98 Å². The van der Waals surface area contributed by atoms with Crippen LogP contribution in [0.2, 0.25) is 0 Å². The third-order valence-electron chi connectivity index (χ3n) is 2.05. The maximum Gasteiger partial charge on any atom is 0.381 e. The molecule has 0 fully saturated rings. The maximum atomic E-state index is 10.4. The normalized spacial score (nSPS) is 9.69. The molecule has 2 aromatic rings. The standard InChI is InChI=1S/C10H6N4O2/c11-5-8-1-3-9(4-2-8)13-6-10(12-7-13)14(15)16/h1-4,6-7H. The molecule has 0 saturated carbocycles. The smallest absolute Gasteiger partial charge is 0.358 e. The molecule has 0 saturated heterocycles. The van der Waals surface area contributed by atoms with Gasteiger partial charge in [0.15, 0.2) is 0 Å². The van der Waals surface area contributed by atoms with Crippen LogP contribution in [-0.4, -0.2) is 14.5 Å². The lowest BCUT2D eigenvalue weighted by molar-refractivity contribution is -0.389. The van der Waals surface area contributed by atoms with Crippen LogP contribution in [0.1, 0.15) is 5.56 Å². The number of hydrogen-bond acceptors (Lipinski definition) is 4. The first-order valence-electron chi connectivity index (χ1n) is 4.39. The average Bonchev–Trinajstić information content (AvgIpc) is 2.78. The summed E-state index contributed by atoms with van der Waals surface area (Å²) in [5.41, 5.74) is 1.26. The lowest BCUT2D eigenvalue weighted by Gasteiger charge is -1.98. The van der Waals surface area contributed by atoms with Gasteiger partial charge in [0, 0.05) is 5.69 Å². The molecule has 0 aliphatic rings. The summed E-state index contributed by atoms with van der Waals surface area (Å²) in [4.78, 5) is 13.5. The Labute approximate surface area is 90.5 Å². The van der Waals surface area contributed by atoms with Crippen LogP contribution in [0.4, 0.5) is 5.82 Å². The van der Waals surface area contributed by atoms with E-state index in [-0.39, 0.29) is 5.82 Å². The van der Waals surface area contributed by atoms with Gasteiger partial charge in [0.05, 0.1) is 11.6 Å². The minimum atomic E-state index is -0.555. The van der Waals surface area contributed by atoms with Crippen LogP contribution < -0.4 is 0 Å². The van der Waals surface area contributed by atoms with Crippen molar-refractivity contribution in [3.63, 3.8) is 0 Å². The van der Waals surface area contributed by atoms with E-state index in [1.165, 1.54) is 17.1 Å². The third-order valence-corrected chi connectivity index (χ3v) is 2.05. The van der Waals surface area contributed by atoms with Crippen molar-refractivity contribution in [2.24, 2.45) is 0 Å². The number of aromatic nitrogens is 2. The molecule has 16 heavy (non-hydrogen) atoms. The van der Waals surface area contributed by atoms with Gasteiger partial charge >= 0.3 is 5.82 Å².